The van der Waals surface area contributed by atoms with Crippen LogP contribution in [0.1, 0.15) is 49.5 Å². The summed E-state index contributed by atoms with van der Waals surface area (Å²) < 4.78 is 4.33. The molecule has 4 heterocycles. The first-order valence-electron chi connectivity index (χ1n) is 17.1. The lowest BCUT2D eigenvalue weighted by Gasteiger charge is -2.12. The average molecular weight is 704 g/mol. The van der Waals surface area contributed by atoms with Crippen molar-refractivity contribution in [1.29, 1.82) is 0 Å². The van der Waals surface area contributed by atoms with Gasteiger partial charge in [0.25, 0.3) is 5.91 Å². The molecule has 1 amide bonds. The number of aliphatic hydroxyl groups is 1. The Morgan fingerprint density at radius 3 is 2.10 bits per heavy atom. The molecule has 0 fully saturated rings. The molecule has 0 aliphatic rings. The number of aliphatic hydroxyl groups excluding tert-OH is 1. The highest BCUT2D eigenvalue weighted by Gasteiger charge is 2.19. The van der Waals surface area contributed by atoms with E-state index in [1.165, 1.54) is 33.6 Å². The van der Waals surface area contributed by atoms with Gasteiger partial charge >= 0.3 is 0 Å². The molecule has 10 heteroatoms. The molecule has 8 rings (SSSR count). The number of thiazole rings is 1. The second-order valence-electron chi connectivity index (χ2n) is 13.2. The molecule has 0 radical (unpaired) electrons. The number of amides is 1. The van der Waals surface area contributed by atoms with Crippen molar-refractivity contribution < 1.29 is 9.90 Å². The van der Waals surface area contributed by atoms with E-state index in [1.807, 2.05) is 43.6 Å². The standard InChI is InChI=1S/C42H37N7O2S/c1-26-8-12-29(13-9-26)21-48-23-36(33-6-4-5-7-38(33)48)45-41(50)35-19-32(20-44-47-35)31-16-17-39-34(18-31)37(46-42(51)40-28(3)43-25-52-40)24-49(39)22-30-14-10-27(2)11-15-30/h4-20,23-25,42,46,51H,21-22H2,1-3H3,(H,45,50). The van der Waals surface area contributed by atoms with Gasteiger partial charge in [0.05, 0.1) is 44.7 Å². The number of benzene rings is 4. The van der Waals surface area contributed by atoms with Gasteiger partial charge in [0, 0.05) is 41.8 Å². The Hall–Kier alpha value is -6.10. The number of anilines is 2. The molecule has 0 bridgehead atoms. The highest BCUT2D eigenvalue weighted by atomic mass is 32.1. The van der Waals surface area contributed by atoms with Gasteiger partial charge in [0.15, 0.2) is 11.9 Å². The molecule has 52 heavy (non-hydrogen) atoms. The van der Waals surface area contributed by atoms with Crippen LogP contribution < -0.4 is 10.6 Å². The smallest absolute Gasteiger partial charge is 0.276 e. The third-order valence-electron chi connectivity index (χ3n) is 9.41. The molecule has 3 N–H and O–H groups in total. The Morgan fingerprint density at radius 1 is 0.769 bits per heavy atom. The van der Waals surface area contributed by atoms with E-state index < -0.39 is 6.23 Å². The highest BCUT2D eigenvalue weighted by Crippen LogP contribution is 2.34. The largest absolute Gasteiger partial charge is 0.369 e. The summed E-state index contributed by atoms with van der Waals surface area (Å²) in [5.74, 6) is -0.344. The topological polar surface area (TPSA) is 110 Å². The van der Waals surface area contributed by atoms with Crippen LogP contribution >= 0.6 is 11.3 Å². The van der Waals surface area contributed by atoms with Gasteiger partial charge in [0.2, 0.25) is 0 Å². The number of hydrogen-bond acceptors (Lipinski definition) is 7. The van der Waals surface area contributed by atoms with Crippen molar-refractivity contribution in [2.75, 3.05) is 10.6 Å². The van der Waals surface area contributed by atoms with Gasteiger partial charge in [-0.25, -0.2) is 4.98 Å². The van der Waals surface area contributed by atoms with E-state index in [-0.39, 0.29) is 11.6 Å². The normalized spacial score (nSPS) is 12.0. The molecule has 0 saturated heterocycles. The number of rotatable bonds is 10. The van der Waals surface area contributed by atoms with E-state index in [0.29, 0.717) is 18.8 Å². The fourth-order valence-corrected chi connectivity index (χ4v) is 7.32. The lowest BCUT2D eigenvalue weighted by Crippen LogP contribution is -2.14. The van der Waals surface area contributed by atoms with Gasteiger partial charge in [-0.1, -0.05) is 83.9 Å². The number of nitrogens with one attached hydrogen (secondary N) is 2. The number of nitrogens with zero attached hydrogens (tertiary/aromatic N) is 5. The summed E-state index contributed by atoms with van der Waals surface area (Å²) in [4.78, 5) is 18.8. The zero-order valence-corrected chi connectivity index (χ0v) is 29.9. The molecule has 0 aliphatic heterocycles. The van der Waals surface area contributed by atoms with Crippen LogP contribution in [0.4, 0.5) is 11.4 Å². The summed E-state index contributed by atoms with van der Waals surface area (Å²) in [5, 5.41) is 27.9. The fourth-order valence-electron chi connectivity index (χ4n) is 6.59. The van der Waals surface area contributed by atoms with Crippen LogP contribution in [0, 0.1) is 20.8 Å². The summed E-state index contributed by atoms with van der Waals surface area (Å²) in [6.45, 7) is 7.39. The molecule has 4 aromatic carbocycles. The van der Waals surface area contributed by atoms with Crippen molar-refractivity contribution in [3.05, 3.63) is 160 Å². The Kier molecular flexibility index (Phi) is 8.84. The van der Waals surface area contributed by atoms with Crippen LogP contribution in [0.5, 0.6) is 0 Å². The van der Waals surface area contributed by atoms with Gasteiger partial charge in [-0.15, -0.1) is 16.4 Å². The Morgan fingerprint density at radius 2 is 1.42 bits per heavy atom. The predicted molar refractivity (Wildman–Crippen MR) is 209 cm³/mol. The lowest BCUT2D eigenvalue weighted by atomic mass is 10.0. The molecule has 0 spiro atoms. The summed E-state index contributed by atoms with van der Waals surface area (Å²) in [7, 11) is 0. The predicted octanol–water partition coefficient (Wildman–Crippen LogP) is 8.89. The quantitative estimate of drug-likeness (QED) is 0.123. The average Bonchev–Trinajstić information content (AvgIpc) is 3.85. The van der Waals surface area contributed by atoms with E-state index in [1.54, 1.807) is 17.8 Å². The molecule has 8 aromatic rings. The first kappa shape index (κ1) is 33.1. The van der Waals surface area contributed by atoms with Crippen molar-refractivity contribution in [3.63, 3.8) is 0 Å². The molecule has 1 unspecified atom stereocenters. The van der Waals surface area contributed by atoms with Crippen molar-refractivity contribution in [2.45, 2.75) is 40.1 Å². The molecule has 0 saturated carbocycles. The third-order valence-corrected chi connectivity index (χ3v) is 10.4. The van der Waals surface area contributed by atoms with Crippen LogP contribution in [0.15, 0.2) is 121 Å². The zero-order valence-electron chi connectivity index (χ0n) is 29.0. The molecule has 0 aliphatic carbocycles. The lowest BCUT2D eigenvalue weighted by molar-refractivity contribution is 0.102. The number of fused-ring (bicyclic) bond motifs is 2. The van der Waals surface area contributed by atoms with Gasteiger partial charge in [-0.05, 0) is 61.7 Å². The summed E-state index contributed by atoms with van der Waals surface area (Å²) in [6, 6.07) is 32.9. The van der Waals surface area contributed by atoms with Crippen molar-refractivity contribution in [1.82, 2.24) is 24.3 Å². The van der Waals surface area contributed by atoms with Crippen LogP contribution in [0.25, 0.3) is 32.9 Å². The molecular weight excluding hydrogens is 667 g/mol. The second kappa shape index (κ2) is 13.9. The summed E-state index contributed by atoms with van der Waals surface area (Å²) in [5.41, 5.74) is 12.6. The zero-order chi connectivity index (χ0) is 35.8. The Labute approximate surface area is 305 Å². The number of hydrogen-bond donors (Lipinski definition) is 3. The number of carbonyl (C=O) groups excluding carboxylic acids is 1. The van der Waals surface area contributed by atoms with Gasteiger partial charge < -0.3 is 24.9 Å². The minimum Gasteiger partial charge on any atom is -0.369 e. The third kappa shape index (κ3) is 6.69. The summed E-state index contributed by atoms with van der Waals surface area (Å²) in [6.07, 6.45) is 4.76. The number of aromatic nitrogens is 5. The van der Waals surface area contributed by atoms with Gasteiger partial charge in [0.1, 0.15) is 0 Å². The number of carbonyl (C=O) groups is 1. The maximum atomic E-state index is 13.7. The maximum absolute atomic E-state index is 13.7. The van der Waals surface area contributed by atoms with Crippen LogP contribution in [-0.2, 0) is 13.1 Å². The molecule has 1 atom stereocenters. The Bertz CT molecular complexity index is 2550. The van der Waals surface area contributed by atoms with E-state index in [4.69, 9.17) is 0 Å². The van der Waals surface area contributed by atoms with Crippen LogP contribution in [0.2, 0.25) is 0 Å². The van der Waals surface area contributed by atoms with Gasteiger partial charge in [-0.2, -0.15) is 5.10 Å². The van der Waals surface area contributed by atoms with E-state index >= 15 is 0 Å². The first-order chi connectivity index (χ1) is 25.3. The summed E-state index contributed by atoms with van der Waals surface area (Å²) >= 11 is 1.42. The van der Waals surface area contributed by atoms with E-state index in [2.05, 4.69) is 116 Å². The van der Waals surface area contributed by atoms with E-state index in [0.717, 1.165) is 49.2 Å². The molecule has 4 aromatic heterocycles. The van der Waals surface area contributed by atoms with Crippen molar-refractivity contribution in [2.24, 2.45) is 0 Å². The molecule has 258 valence electrons. The Balaban J connectivity index is 1.10. The van der Waals surface area contributed by atoms with Crippen molar-refractivity contribution in [3.8, 4) is 11.1 Å². The minimum atomic E-state index is -0.921. The van der Waals surface area contributed by atoms with E-state index in [9.17, 15) is 9.90 Å². The van der Waals surface area contributed by atoms with Crippen molar-refractivity contribution >= 4 is 50.4 Å². The second-order valence-corrected chi connectivity index (χ2v) is 14.1. The monoisotopic (exact) mass is 703 g/mol. The SMILES string of the molecule is Cc1ccc(Cn2cc(NC(=O)c3cc(-c4ccc5c(c4)c(NC(O)c4scnc4C)cn5Cc4ccc(C)cc4)cnn3)c3ccccc32)cc1. The highest BCUT2D eigenvalue weighted by molar-refractivity contribution is 7.09. The molecule has 9 nitrogen and oxygen atoms in total. The number of aryl methyl sites for hydroxylation is 3. The number of para-hydroxylation sites is 1. The van der Waals surface area contributed by atoms with Gasteiger partial charge in [-0.3, -0.25) is 4.79 Å². The maximum Gasteiger partial charge on any atom is 0.276 e. The van der Waals surface area contributed by atoms with Crippen LogP contribution in [0.3, 0.4) is 0 Å². The molecular formula is C42H37N7O2S. The van der Waals surface area contributed by atoms with Crippen LogP contribution in [-0.4, -0.2) is 35.3 Å². The first-order valence-corrected chi connectivity index (χ1v) is 18.0. The minimum absolute atomic E-state index is 0.208. The fraction of sp³-hybridized carbons (Fsp3) is 0.143.